The number of aliphatic hydroxyl groups is 2. The average Bonchev–Trinajstić information content (AvgIpc) is 2.46. The van der Waals surface area contributed by atoms with E-state index in [-0.39, 0.29) is 12.0 Å². The summed E-state index contributed by atoms with van der Waals surface area (Å²) in [7, 11) is 0. The van der Waals surface area contributed by atoms with Crippen molar-refractivity contribution in [1.82, 2.24) is 5.32 Å². The third-order valence-electron chi connectivity index (χ3n) is 3.04. The summed E-state index contributed by atoms with van der Waals surface area (Å²) in [5.41, 5.74) is 0. The fourth-order valence-electron chi connectivity index (χ4n) is 1.80. The number of aliphatic carboxylic acids is 2. The maximum atomic E-state index is 11.3. The lowest BCUT2D eigenvalue weighted by atomic mass is 9.94. The van der Waals surface area contributed by atoms with Gasteiger partial charge in [0.2, 0.25) is 0 Å². The van der Waals surface area contributed by atoms with Gasteiger partial charge in [0, 0.05) is 0 Å². The molecule has 0 saturated carbocycles. The van der Waals surface area contributed by atoms with Gasteiger partial charge < -0.3 is 30.5 Å². The maximum Gasteiger partial charge on any atom is 0.335 e. The molecule has 0 aliphatic carbocycles. The van der Waals surface area contributed by atoms with Crippen LogP contribution in [0.5, 0.6) is 0 Å². The molecule has 1 aliphatic rings. The van der Waals surface area contributed by atoms with Crippen LogP contribution in [0.2, 0.25) is 0 Å². The fraction of sp³-hybridized carbons (Fsp3) is 0.769. The lowest BCUT2D eigenvalue weighted by Gasteiger charge is -2.26. The van der Waals surface area contributed by atoms with Crippen molar-refractivity contribution in [1.29, 1.82) is 0 Å². The second kappa shape index (κ2) is 10.1. The molecule has 1 heterocycles. The summed E-state index contributed by atoms with van der Waals surface area (Å²) in [6, 6.07) is -0.0614. The van der Waals surface area contributed by atoms with Crippen LogP contribution in [0, 0.1) is 5.92 Å². The molecule has 128 valence electrons. The Labute approximate surface area is 127 Å². The van der Waals surface area contributed by atoms with E-state index in [2.05, 4.69) is 12.2 Å². The summed E-state index contributed by atoms with van der Waals surface area (Å²) in [5, 5.41) is 35.7. The summed E-state index contributed by atoms with van der Waals surface area (Å²) in [6.45, 7) is 5.42. The first-order valence-electron chi connectivity index (χ1n) is 6.92. The first-order valence-corrected chi connectivity index (χ1v) is 6.92. The van der Waals surface area contributed by atoms with Gasteiger partial charge >= 0.3 is 17.9 Å². The second-order valence-electron chi connectivity index (χ2n) is 4.95. The molecule has 5 N–H and O–H groups in total. The number of esters is 1. The van der Waals surface area contributed by atoms with Crippen molar-refractivity contribution in [2.24, 2.45) is 5.92 Å². The lowest BCUT2D eigenvalue weighted by Crippen LogP contribution is -2.43. The van der Waals surface area contributed by atoms with Gasteiger partial charge in [-0.15, -0.1) is 0 Å². The van der Waals surface area contributed by atoms with Crippen LogP contribution in [0.4, 0.5) is 0 Å². The van der Waals surface area contributed by atoms with Gasteiger partial charge in [0.1, 0.15) is 6.04 Å². The maximum absolute atomic E-state index is 11.3. The van der Waals surface area contributed by atoms with Crippen molar-refractivity contribution >= 4 is 17.9 Å². The minimum absolute atomic E-state index is 0.0614. The molecular weight excluding hydrogens is 298 g/mol. The van der Waals surface area contributed by atoms with E-state index in [1.807, 2.05) is 6.92 Å². The Morgan fingerprint density at radius 3 is 2.05 bits per heavy atom. The standard InChI is InChI=1S/C9H17NO2.C4H6O6/c1-3-12-9(11)8-6-7(2)4-5-10-8;5-1(3(7)8)2(6)4(9)10/h7-8,10H,3-6H2,1-2H3;1-2,5-6H,(H,7,8)(H,9,10). The third kappa shape index (κ3) is 7.34. The zero-order chi connectivity index (χ0) is 17.3. The number of piperidine rings is 1. The predicted molar refractivity (Wildman–Crippen MR) is 74.1 cm³/mol. The van der Waals surface area contributed by atoms with Crippen molar-refractivity contribution in [3.05, 3.63) is 0 Å². The van der Waals surface area contributed by atoms with Gasteiger partial charge in [0.25, 0.3) is 0 Å². The lowest BCUT2D eigenvalue weighted by molar-refractivity contribution is -0.165. The molecule has 0 bridgehead atoms. The predicted octanol–water partition coefficient (Wildman–Crippen LogP) is -1.18. The molecule has 1 rings (SSSR count). The third-order valence-corrected chi connectivity index (χ3v) is 3.04. The van der Waals surface area contributed by atoms with Crippen molar-refractivity contribution in [3.8, 4) is 0 Å². The molecule has 0 aromatic carbocycles. The van der Waals surface area contributed by atoms with Crippen LogP contribution in [0.3, 0.4) is 0 Å². The van der Waals surface area contributed by atoms with Crippen LogP contribution in [-0.2, 0) is 19.1 Å². The zero-order valence-electron chi connectivity index (χ0n) is 12.6. The van der Waals surface area contributed by atoms with Gasteiger partial charge in [0.15, 0.2) is 12.2 Å². The van der Waals surface area contributed by atoms with E-state index >= 15 is 0 Å². The summed E-state index contributed by atoms with van der Waals surface area (Å²) >= 11 is 0. The van der Waals surface area contributed by atoms with Crippen LogP contribution in [0.15, 0.2) is 0 Å². The molecule has 4 atom stereocenters. The highest BCUT2D eigenvalue weighted by Crippen LogP contribution is 2.15. The van der Waals surface area contributed by atoms with Gasteiger partial charge in [-0.25, -0.2) is 9.59 Å². The van der Waals surface area contributed by atoms with E-state index in [9.17, 15) is 14.4 Å². The Bertz CT molecular complexity index is 368. The van der Waals surface area contributed by atoms with E-state index < -0.39 is 24.1 Å². The molecule has 1 aliphatic heterocycles. The van der Waals surface area contributed by atoms with Crippen LogP contribution in [0.1, 0.15) is 26.7 Å². The number of nitrogens with one attached hydrogen (secondary N) is 1. The van der Waals surface area contributed by atoms with Crippen LogP contribution in [0.25, 0.3) is 0 Å². The number of carbonyl (C=O) groups is 3. The second-order valence-corrected chi connectivity index (χ2v) is 4.95. The molecule has 0 radical (unpaired) electrons. The molecule has 9 heteroatoms. The minimum Gasteiger partial charge on any atom is -0.479 e. The summed E-state index contributed by atoms with van der Waals surface area (Å²) in [5.74, 6) is -2.99. The highest BCUT2D eigenvalue weighted by atomic mass is 16.5. The van der Waals surface area contributed by atoms with E-state index in [1.165, 1.54) is 0 Å². The van der Waals surface area contributed by atoms with Gasteiger partial charge in [-0.2, -0.15) is 0 Å². The highest BCUT2D eigenvalue weighted by molar-refractivity contribution is 5.83. The number of hydrogen-bond donors (Lipinski definition) is 5. The van der Waals surface area contributed by atoms with Gasteiger partial charge in [-0.1, -0.05) is 6.92 Å². The number of rotatable bonds is 5. The fourth-order valence-corrected chi connectivity index (χ4v) is 1.80. The van der Waals surface area contributed by atoms with E-state index in [0.29, 0.717) is 12.5 Å². The quantitative estimate of drug-likeness (QED) is 0.393. The van der Waals surface area contributed by atoms with Crippen molar-refractivity contribution < 1.29 is 39.5 Å². The Balaban J connectivity index is 0.000000409. The SMILES string of the molecule is CCOC(=O)C1CC(C)CCN1.O=C(O)C(O)C(O)C(=O)O. The minimum atomic E-state index is -2.27. The molecular formula is C13H23NO8. The molecule has 1 saturated heterocycles. The number of carbonyl (C=O) groups excluding carboxylic acids is 1. The average molecular weight is 321 g/mol. The van der Waals surface area contributed by atoms with E-state index in [1.54, 1.807) is 0 Å². The van der Waals surface area contributed by atoms with Crippen molar-refractivity contribution in [3.63, 3.8) is 0 Å². The van der Waals surface area contributed by atoms with Crippen LogP contribution >= 0.6 is 0 Å². The van der Waals surface area contributed by atoms with Gasteiger partial charge in [-0.3, -0.25) is 4.79 Å². The van der Waals surface area contributed by atoms with E-state index in [0.717, 1.165) is 19.4 Å². The van der Waals surface area contributed by atoms with Crippen LogP contribution < -0.4 is 5.32 Å². The molecule has 0 aromatic heterocycles. The Morgan fingerprint density at radius 2 is 1.68 bits per heavy atom. The summed E-state index contributed by atoms with van der Waals surface area (Å²) in [6.07, 6.45) is -2.45. The number of ether oxygens (including phenoxy) is 1. The highest BCUT2D eigenvalue weighted by Gasteiger charge is 2.29. The normalized spacial score (nSPS) is 23.5. The molecule has 22 heavy (non-hydrogen) atoms. The topological polar surface area (TPSA) is 153 Å². The van der Waals surface area contributed by atoms with Crippen molar-refractivity contribution in [2.75, 3.05) is 13.2 Å². The molecule has 0 aromatic rings. The zero-order valence-corrected chi connectivity index (χ0v) is 12.6. The first kappa shape index (κ1) is 20.3. The van der Waals surface area contributed by atoms with Crippen molar-refractivity contribution in [2.45, 2.75) is 44.9 Å². The largest absolute Gasteiger partial charge is 0.479 e. The van der Waals surface area contributed by atoms with Gasteiger partial charge in [-0.05, 0) is 32.2 Å². The Morgan fingerprint density at radius 1 is 1.18 bits per heavy atom. The summed E-state index contributed by atoms with van der Waals surface area (Å²) < 4.78 is 4.93. The summed E-state index contributed by atoms with van der Waals surface area (Å²) in [4.78, 5) is 30.8. The Kier molecular flexibility index (Phi) is 9.31. The number of carboxylic acids is 2. The van der Waals surface area contributed by atoms with Crippen LogP contribution in [-0.4, -0.2) is 69.7 Å². The number of aliphatic hydroxyl groups excluding tert-OH is 2. The molecule has 0 spiro atoms. The smallest absolute Gasteiger partial charge is 0.335 e. The van der Waals surface area contributed by atoms with Gasteiger partial charge in [0.05, 0.1) is 6.61 Å². The molecule has 4 unspecified atom stereocenters. The number of hydrogen-bond acceptors (Lipinski definition) is 7. The van der Waals surface area contributed by atoms with E-state index in [4.69, 9.17) is 25.2 Å². The number of carboxylic acid groups (broad SMARTS) is 2. The monoisotopic (exact) mass is 321 g/mol. The molecule has 9 nitrogen and oxygen atoms in total. The Hall–Kier alpha value is -1.71. The molecule has 0 amide bonds. The first-order chi connectivity index (χ1) is 10.2. The molecule has 1 fully saturated rings.